The number of carboxylic acid groups (broad SMARTS) is 1. The van der Waals surface area contributed by atoms with Crippen molar-refractivity contribution in [2.45, 2.75) is 6.18 Å². The number of hydrogen-bond acceptors (Lipinski definition) is 5. The summed E-state index contributed by atoms with van der Waals surface area (Å²) in [5, 5.41) is 8.91. The molecule has 0 unspecified atom stereocenters. The molecule has 0 radical (unpaired) electrons. The van der Waals surface area contributed by atoms with Gasteiger partial charge >= 0.3 is 12.1 Å². The summed E-state index contributed by atoms with van der Waals surface area (Å²) < 4.78 is 38.3. The minimum absolute atomic E-state index is 0.000370. The molecule has 21 heavy (non-hydrogen) atoms. The zero-order valence-corrected chi connectivity index (χ0v) is 10.3. The van der Waals surface area contributed by atoms with Crippen molar-refractivity contribution in [2.24, 2.45) is 0 Å². The van der Waals surface area contributed by atoms with Gasteiger partial charge in [-0.3, -0.25) is 0 Å². The Morgan fingerprint density at radius 3 is 2.48 bits per heavy atom. The molecule has 2 aromatic rings. The number of pyridine rings is 2. The number of aromatic nitrogens is 2. The van der Waals surface area contributed by atoms with Crippen LogP contribution < -0.4 is 11.5 Å². The maximum Gasteiger partial charge on any atom is 0.419 e. The van der Waals surface area contributed by atoms with Gasteiger partial charge in [0.25, 0.3) is 0 Å². The number of alkyl halides is 3. The summed E-state index contributed by atoms with van der Waals surface area (Å²) in [5.74, 6) is -2.05. The second-order valence-electron chi connectivity index (χ2n) is 4.09. The molecule has 0 bridgehead atoms. The number of nitrogens with two attached hydrogens (primary N) is 2. The summed E-state index contributed by atoms with van der Waals surface area (Å²) in [6.45, 7) is 0. The van der Waals surface area contributed by atoms with Crippen LogP contribution in [0.1, 0.15) is 16.1 Å². The van der Waals surface area contributed by atoms with Crippen LogP contribution in [0.4, 0.5) is 24.7 Å². The summed E-state index contributed by atoms with van der Waals surface area (Å²) in [7, 11) is 0. The summed E-state index contributed by atoms with van der Waals surface area (Å²) >= 11 is 0. The van der Waals surface area contributed by atoms with Crippen LogP contribution in [0.25, 0.3) is 11.3 Å². The number of rotatable bonds is 2. The van der Waals surface area contributed by atoms with Gasteiger partial charge < -0.3 is 16.6 Å². The monoisotopic (exact) mass is 298 g/mol. The van der Waals surface area contributed by atoms with Gasteiger partial charge in [0, 0.05) is 11.8 Å². The van der Waals surface area contributed by atoms with E-state index in [1.807, 2.05) is 0 Å². The molecule has 0 aromatic carbocycles. The largest absolute Gasteiger partial charge is 0.476 e. The number of aromatic carboxylic acids is 1. The van der Waals surface area contributed by atoms with E-state index in [2.05, 4.69) is 9.97 Å². The first-order valence-electron chi connectivity index (χ1n) is 5.53. The van der Waals surface area contributed by atoms with Crippen LogP contribution >= 0.6 is 0 Å². The summed E-state index contributed by atoms with van der Waals surface area (Å²) in [6, 6.07) is 3.30. The highest BCUT2D eigenvalue weighted by Crippen LogP contribution is 2.34. The fourth-order valence-corrected chi connectivity index (χ4v) is 1.64. The molecule has 0 fully saturated rings. The van der Waals surface area contributed by atoms with Crippen LogP contribution in [0.2, 0.25) is 0 Å². The molecule has 9 heteroatoms. The van der Waals surface area contributed by atoms with Gasteiger partial charge in [0.2, 0.25) is 0 Å². The second-order valence-corrected chi connectivity index (χ2v) is 4.09. The van der Waals surface area contributed by atoms with Crippen LogP contribution in [0.5, 0.6) is 0 Å². The fraction of sp³-hybridized carbons (Fsp3) is 0.0833. The first-order valence-corrected chi connectivity index (χ1v) is 5.53. The standard InChI is InChI=1S/C12H9F3N4O2/c13-12(14,15)6-3-5(4-18-10(6)17)8-2-1-7(16)9(19-8)11(20)21/h1-4H,16H2,(H2,17,18)(H,20,21). The number of halogens is 3. The first-order chi connectivity index (χ1) is 9.70. The molecule has 0 aliphatic carbocycles. The van der Waals surface area contributed by atoms with E-state index in [0.29, 0.717) is 0 Å². The number of anilines is 2. The van der Waals surface area contributed by atoms with Crippen molar-refractivity contribution in [2.75, 3.05) is 11.5 Å². The highest BCUT2D eigenvalue weighted by atomic mass is 19.4. The van der Waals surface area contributed by atoms with E-state index in [0.717, 1.165) is 12.3 Å². The molecule has 110 valence electrons. The lowest BCUT2D eigenvalue weighted by Crippen LogP contribution is -2.11. The SMILES string of the molecule is Nc1ccc(-c2cnc(N)c(C(F)(F)F)c2)nc1C(=O)O. The van der Waals surface area contributed by atoms with Gasteiger partial charge in [-0.05, 0) is 18.2 Å². The van der Waals surface area contributed by atoms with Gasteiger partial charge in [-0.2, -0.15) is 13.2 Å². The maximum atomic E-state index is 12.8. The molecule has 0 saturated heterocycles. The molecule has 0 aliphatic rings. The van der Waals surface area contributed by atoms with Crippen LogP contribution in [0.3, 0.4) is 0 Å². The van der Waals surface area contributed by atoms with E-state index >= 15 is 0 Å². The first kappa shape index (κ1) is 14.6. The van der Waals surface area contributed by atoms with Crippen LogP contribution in [-0.2, 0) is 6.18 Å². The van der Waals surface area contributed by atoms with Crippen molar-refractivity contribution >= 4 is 17.5 Å². The molecule has 2 aromatic heterocycles. The number of carboxylic acids is 1. The molecule has 0 aliphatic heterocycles. The van der Waals surface area contributed by atoms with Crippen LogP contribution in [-0.4, -0.2) is 21.0 Å². The van der Waals surface area contributed by atoms with E-state index < -0.39 is 29.2 Å². The predicted octanol–water partition coefficient (Wildman–Crippen LogP) is 2.02. The average Bonchev–Trinajstić information content (AvgIpc) is 2.38. The number of carbonyl (C=O) groups is 1. The lowest BCUT2D eigenvalue weighted by atomic mass is 10.1. The Morgan fingerprint density at radius 2 is 1.90 bits per heavy atom. The zero-order chi connectivity index (χ0) is 15.8. The van der Waals surface area contributed by atoms with Gasteiger partial charge in [0.05, 0.1) is 16.9 Å². The lowest BCUT2D eigenvalue weighted by molar-refractivity contribution is -0.137. The topological polar surface area (TPSA) is 115 Å². The Labute approximate surface area is 116 Å². The van der Waals surface area contributed by atoms with E-state index in [1.54, 1.807) is 0 Å². The van der Waals surface area contributed by atoms with Crippen LogP contribution in [0.15, 0.2) is 24.4 Å². The number of nitrogen functional groups attached to an aromatic ring is 2. The maximum absolute atomic E-state index is 12.8. The third-order valence-electron chi connectivity index (χ3n) is 2.65. The molecule has 0 amide bonds. The van der Waals surface area contributed by atoms with Gasteiger partial charge in [0.15, 0.2) is 5.69 Å². The Bertz CT molecular complexity index is 716. The van der Waals surface area contributed by atoms with Crippen molar-refractivity contribution in [3.63, 3.8) is 0 Å². The molecule has 2 heterocycles. The van der Waals surface area contributed by atoms with Gasteiger partial charge in [-0.1, -0.05) is 0 Å². The van der Waals surface area contributed by atoms with E-state index in [1.165, 1.54) is 12.1 Å². The Morgan fingerprint density at radius 1 is 1.24 bits per heavy atom. The molecular formula is C12H9F3N4O2. The smallest absolute Gasteiger partial charge is 0.419 e. The average molecular weight is 298 g/mol. The normalized spacial score (nSPS) is 11.4. The third kappa shape index (κ3) is 2.86. The highest BCUT2D eigenvalue weighted by molar-refractivity contribution is 5.92. The van der Waals surface area contributed by atoms with Crippen molar-refractivity contribution in [3.8, 4) is 11.3 Å². The predicted molar refractivity (Wildman–Crippen MR) is 68.3 cm³/mol. The van der Waals surface area contributed by atoms with Gasteiger partial charge in [-0.15, -0.1) is 0 Å². The number of nitrogens with zero attached hydrogens (tertiary/aromatic N) is 2. The Kier molecular flexibility index (Phi) is 3.42. The van der Waals surface area contributed by atoms with Gasteiger partial charge in [0.1, 0.15) is 5.82 Å². The molecule has 6 nitrogen and oxygen atoms in total. The van der Waals surface area contributed by atoms with Crippen molar-refractivity contribution < 1.29 is 23.1 Å². The van der Waals surface area contributed by atoms with Crippen molar-refractivity contribution in [3.05, 3.63) is 35.7 Å². The minimum atomic E-state index is -4.67. The van der Waals surface area contributed by atoms with Crippen molar-refractivity contribution in [1.82, 2.24) is 9.97 Å². The van der Waals surface area contributed by atoms with Crippen molar-refractivity contribution in [1.29, 1.82) is 0 Å². The number of hydrogen-bond donors (Lipinski definition) is 3. The molecule has 2 rings (SSSR count). The molecule has 5 N–H and O–H groups in total. The van der Waals surface area contributed by atoms with E-state index in [4.69, 9.17) is 16.6 Å². The summed E-state index contributed by atoms with van der Waals surface area (Å²) in [6.07, 6.45) is -3.59. The van der Waals surface area contributed by atoms with Gasteiger partial charge in [-0.25, -0.2) is 14.8 Å². The lowest BCUT2D eigenvalue weighted by Gasteiger charge is -2.11. The quantitative estimate of drug-likeness (QED) is 0.781. The second kappa shape index (κ2) is 4.93. The highest BCUT2D eigenvalue weighted by Gasteiger charge is 2.34. The van der Waals surface area contributed by atoms with E-state index in [9.17, 15) is 18.0 Å². The summed E-state index contributed by atoms with van der Waals surface area (Å²) in [4.78, 5) is 18.1. The molecule has 0 spiro atoms. The Balaban J connectivity index is 2.58. The third-order valence-corrected chi connectivity index (χ3v) is 2.65. The molecule has 0 atom stereocenters. The minimum Gasteiger partial charge on any atom is -0.476 e. The Hall–Kier alpha value is -2.84. The fourth-order valence-electron chi connectivity index (χ4n) is 1.64. The zero-order valence-electron chi connectivity index (χ0n) is 10.3. The molecule has 0 saturated carbocycles. The molecular weight excluding hydrogens is 289 g/mol. The van der Waals surface area contributed by atoms with Crippen LogP contribution in [0, 0.1) is 0 Å². The summed E-state index contributed by atoms with van der Waals surface area (Å²) in [5.41, 5.74) is 8.95. The van der Waals surface area contributed by atoms with E-state index in [-0.39, 0.29) is 16.9 Å².